The second kappa shape index (κ2) is 5.94. The van der Waals surface area contributed by atoms with Crippen LogP contribution in [0.4, 0.5) is 0 Å². The van der Waals surface area contributed by atoms with Crippen molar-refractivity contribution < 1.29 is 4.74 Å². The Morgan fingerprint density at radius 2 is 1.92 bits per heavy atom. The van der Waals surface area contributed by atoms with Gasteiger partial charge in [0.25, 0.3) is 0 Å². The molecule has 0 bridgehead atoms. The van der Waals surface area contributed by atoms with Gasteiger partial charge in [-0.25, -0.2) is 0 Å². The Hall–Kier alpha value is 0.330. The second-order valence-electron chi connectivity index (χ2n) is 2.39. The van der Waals surface area contributed by atoms with Crippen molar-refractivity contribution in [3.63, 3.8) is 0 Å². The van der Waals surface area contributed by atoms with Crippen molar-refractivity contribution >= 4 is 43.6 Å². The fourth-order valence-corrected chi connectivity index (χ4v) is 2.32. The van der Waals surface area contributed by atoms with Crippen molar-refractivity contribution in [2.75, 3.05) is 18.6 Å². The molecule has 0 atom stereocenters. The van der Waals surface area contributed by atoms with Crippen LogP contribution in [0.1, 0.15) is 0 Å². The average molecular weight is 326 g/mol. The van der Waals surface area contributed by atoms with Crippen molar-refractivity contribution in [2.24, 2.45) is 0 Å². The minimum atomic E-state index is 0.738. The Balaban J connectivity index is 2.64. The summed E-state index contributed by atoms with van der Waals surface area (Å²) >= 11 is 8.65. The van der Waals surface area contributed by atoms with Crippen molar-refractivity contribution in [3.05, 3.63) is 27.1 Å². The van der Waals surface area contributed by atoms with Crippen LogP contribution in [0.25, 0.3) is 0 Å². The minimum absolute atomic E-state index is 0.738. The van der Waals surface area contributed by atoms with Gasteiger partial charge >= 0.3 is 0 Å². The summed E-state index contributed by atoms with van der Waals surface area (Å²) in [6.45, 7) is 0.738. The van der Waals surface area contributed by atoms with E-state index in [0.29, 0.717) is 0 Å². The molecule has 1 aromatic carbocycles. The van der Waals surface area contributed by atoms with Crippen LogP contribution in [-0.2, 0) is 0 Å². The summed E-state index contributed by atoms with van der Waals surface area (Å²) in [7, 11) is 0. The molecule has 0 amide bonds. The summed E-state index contributed by atoms with van der Waals surface area (Å²) in [6.07, 6.45) is 2.07. The Labute approximate surface area is 99.5 Å². The molecule has 0 spiro atoms. The summed E-state index contributed by atoms with van der Waals surface area (Å²) in [4.78, 5) is 0. The maximum atomic E-state index is 5.59. The zero-order valence-corrected chi connectivity index (χ0v) is 11.2. The molecule has 72 valence electrons. The number of para-hydroxylation sites is 1. The fourth-order valence-electron chi connectivity index (χ4n) is 0.847. The lowest BCUT2D eigenvalue weighted by molar-refractivity contribution is 0.340. The third-order valence-electron chi connectivity index (χ3n) is 1.45. The highest BCUT2D eigenvalue weighted by atomic mass is 79.9. The molecule has 0 fully saturated rings. The summed E-state index contributed by atoms with van der Waals surface area (Å²) in [5, 5.41) is 0. The SMILES string of the molecule is CSCCOc1c(Br)cccc1Br. The molecule has 1 nitrogen and oxygen atoms in total. The average Bonchev–Trinajstić information content (AvgIpc) is 2.10. The van der Waals surface area contributed by atoms with Crippen LogP contribution in [-0.4, -0.2) is 18.6 Å². The summed E-state index contributed by atoms with van der Waals surface area (Å²) in [5.41, 5.74) is 0. The molecular weight excluding hydrogens is 316 g/mol. The van der Waals surface area contributed by atoms with Crippen LogP contribution >= 0.6 is 43.6 Å². The van der Waals surface area contributed by atoms with Gasteiger partial charge in [-0.1, -0.05) is 6.07 Å². The minimum Gasteiger partial charge on any atom is -0.490 e. The maximum Gasteiger partial charge on any atom is 0.147 e. The summed E-state index contributed by atoms with van der Waals surface area (Å²) in [5.74, 6) is 1.89. The molecule has 0 aliphatic heterocycles. The normalized spacial score (nSPS) is 10.1. The molecule has 0 aliphatic carbocycles. The van der Waals surface area contributed by atoms with Gasteiger partial charge in [-0.2, -0.15) is 11.8 Å². The number of thioether (sulfide) groups is 1. The van der Waals surface area contributed by atoms with Crippen LogP contribution < -0.4 is 4.74 Å². The predicted molar refractivity (Wildman–Crippen MR) is 65.7 cm³/mol. The Morgan fingerprint density at radius 3 is 2.46 bits per heavy atom. The predicted octanol–water partition coefficient (Wildman–Crippen LogP) is 3.95. The van der Waals surface area contributed by atoms with E-state index >= 15 is 0 Å². The van der Waals surface area contributed by atoms with Gasteiger partial charge in [-0.3, -0.25) is 0 Å². The van der Waals surface area contributed by atoms with Gasteiger partial charge in [0.1, 0.15) is 5.75 Å². The van der Waals surface area contributed by atoms with E-state index in [1.807, 2.05) is 18.2 Å². The Morgan fingerprint density at radius 1 is 1.31 bits per heavy atom. The molecule has 1 rings (SSSR count). The van der Waals surface area contributed by atoms with Crippen LogP contribution in [0.2, 0.25) is 0 Å². The first-order chi connectivity index (χ1) is 6.25. The highest BCUT2D eigenvalue weighted by Gasteiger charge is 2.04. The lowest BCUT2D eigenvalue weighted by Gasteiger charge is -2.08. The number of hydrogen-bond donors (Lipinski definition) is 0. The summed E-state index contributed by atoms with van der Waals surface area (Å²) in [6, 6.07) is 5.91. The van der Waals surface area contributed by atoms with E-state index in [4.69, 9.17) is 4.74 Å². The Kier molecular flexibility index (Phi) is 5.21. The Bertz CT molecular complexity index is 258. The lowest BCUT2D eigenvalue weighted by atomic mass is 10.3. The molecule has 13 heavy (non-hydrogen) atoms. The van der Waals surface area contributed by atoms with E-state index in [2.05, 4.69) is 38.1 Å². The van der Waals surface area contributed by atoms with E-state index in [1.165, 1.54) is 0 Å². The topological polar surface area (TPSA) is 9.23 Å². The molecular formula is C9H10Br2OS. The van der Waals surface area contributed by atoms with E-state index in [0.717, 1.165) is 27.1 Å². The third kappa shape index (κ3) is 3.52. The molecule has 0 heterocycles. The molecule has 0 saturated heterocycles. The largest absolute Gasteiger partial charge is 0.490 e. The first-order valence-corrected chi connectivity index (χ1v) is 6.79. The molecule has 0 N–H and O–H groups in total. The van der Waals surface area contributed by atoms with Gasteiger partial charge in [-0.05, 0) is 50.2 Å². The van der Waals surface area contributed by atoms with Gasteiger partial charge < -0.3 is 4.74 Å². The van der Waals surface area contributed by atoms with Crippen LogP contribution in [0.15, 0.2) is 27.1 Å². The van der Waals surface area contributed by atoms with E-state index < -0.39 is 0 Å². The number of benzene rings is 1. The highest BCUT2D eigenvalue weighted by molar-refractivity contribution is 9.11. The smallest absolute Gasteiger partial charge is 0.147 e. The van der Waals surface area contributed by atoms with Crippen LogP contribution in [0, 0.1) is 0 Å². The van der Waals surface area contributed by atoms with E-state index in [9.17, 15) is 0 Å². The number of halogens is 2. The van der Waals surface area contributed by atoms with Gasteiger partial charge in [0, 0.05) is 5.75 Å². The molecule has 0 aromatic heterocycles. The quantitative estimate of drug-likeness (QED) is 0.775. The number of ether oxygens (including phenoxy) is 1. The van der Waals surface area contributed by atoms with E-state index in [-0.39, 0.29) is 0 Å². The van der Waals surface area contributed by atoms with Crippen molar-refractivity contribution in [1.82, 2.24) is 0 Å². The molecule has 0 radical (unpaired) electrons. The highest BCUT2D eigenvalue weighted by Crippen LogP contribution is 2.32. The first kappa shape index (κ1) is 11.4. The third-order valence-corrected chi connectivity index (χ3v) is 3.28. The molecule has 0 unspecified atom stereocenters. The zero-order valence-electron chi connectivity index (χ0n) is 7.22. The molecule has 4 heteroatoms. The van der Waals surface area contributed by atoms with Crippen LogP contribution in [0.3, 0.4) is 0 Å². The van der Waals surface area contributed by atoms with Gasteiger partial charge in [0.05, 0.1) is 15.6 Å². The molecule has 0 saturated carbocycles. The second-order valence-corrected chi connectivity index (χ2v) is 5.09. The van der Waals surface area contributed by atoms with Gasteiger partial charge in [0.2, 0.25) is 0 Å². The number of hydrogen-bond acceptors (Lipinski definition) is 2. The summed E-state index contributed by atoms with van der Waals surface area (Å²) < 4.78 is 7.57. The first-order valence-electron chi connectivity index (χ1n) is 3.81. The van der Waals surface area contributed by atoms with Gasteiger partial charge in [0.15, 0.2) is 0 Å². The fraction of sp³-hybridized carbons (Fsp3) is 0.333. The van der Waals surface area contributed by atoms with Crippen molar-refractivity contribution in [2.45, 2.75) is 0 Å². The maximum absolute atomic E-state index is 5.59. The van der Waals surface area contributed by atoms with E-state index in [1.54, 1.807) is 11.8 Å². The molecule has 1 aromatic rings. The van der Waals surface area contributed by atoms with Crippen molar-refractivity contribution in [3.8, 4) is 5.75 Å². The van der Waals surface area contributed by atoms with Gasteiger partial charge in [-0.15, -0.1) is 0 Å². The van der Waals surface area contributed by atoms with Crippen LogP contribution in [0.5, 0.6) is 5.75 Å². The monoisotopic (exact) mass is 324 g/mol. The van der Waals surface area contributed by atoms with Crippen molar-refractivity contribution in [1.29, 1.82) is 0 Å². The lowest BCUT2D eigenvalue weighted by Crippen LogP contribution is -2.00. The standard InChI is InChI=1S/C9H10Br2OS/c1-13-6-5-12-9-7(10)3-2-4-8(9)11/h2-4H,5-6H2,1H3. The number of rotatable bonds is 4. The zero-order chi connectivity index (χ0) is 9.68. The molecule has 0 aliphatic rings.